The zero-order valence-corrected chi connectivity index (χ0v) is 15.5. The van der Waals surface area contributed by atoms with Crippen LogP contribution in [0.5, 0.6) is 11.5 Å². The Morgan fingerprint density at radius 2 is 2.00 bits per heavy atom. The van der Waals surface area contributed by atoms with Crippen LogP contribution in [0.15, 0.2) is 65.8 Å². The third-order valence-corrected chi connectivity index (χ3v) is 4.69. The monoisotopic (exact) mass is 391 g/mol. The topological polar surface area (TPSA) is 78.0 Å². The highest BCUT2D eigenvalue weighted by atomic mass is 35.5. The van der Waals surface area contributed by atoms with E-state index in [1.807, 2.05) is 48.1 Å². The minimum absolute atomic E-state index is 0.461. The highest BCUT2D eigenvalue weighted by Crippen LogP contribution is 2.35. The SMILES string of the molecule is Cn1ccc2ncnc(Nc3ccc(Oc4cccc5ocnc45)c(Cl)c3)c21. The summed E-state index contributed by atoms with van der Waals surface area (Å²) >= 11 is 6.45. The molecule has 0 saturated carbocycles. The van der Waals surface area contributed by atoms with Gasteiger partial charge in [-0.1, -0.05) is 17.7 Å². The van der Waals surface area contributed by atoms with Crippen LogP contribution in [0, 0.1) is 0 Å². The van der Waals surface area contributed by atoms with Gasteiger partial charge in [0.2, 0.25) is 0 Å². The molecule has 0 bridgehead atoms. The Morgan fingerprint density at radius 3 is 2.89 bits per heavy atom. The summed E-state index contributed by atoms with van der Waals surface area (Å²) < 4.78 is 13.2. The van der Waals surface area contributed by atoms with E-state index in [2.05, 4.69) is 20.3 Å². The number of anilines is 2. The highest BCUT2D eigenvalue weighted by molar-refractivity contribution is 6.32. The maximum Gasteiger partial charge on any atom is 0.182 e. The van der Waals surface area contributed by atoms with Gasteiger partial charge in [-0.05, 0) is 36.4 Å². The first-order valence-corrected chi connectivity index (χ1v) is 8.89. The van der Waals surface area contributed by atoms with Gasteiger partial charge in [0.05, 0.1) is 10.5 Å². The summed E-state index contributed by atoms with van der Waals surface area (Å²) in [7, 11) is 1.95. The molecule has 0 saturated heterocycles. The first kappa shape index (κ1) is 16.6. The van der Waals surface area contributed by atoms with Crippen molar-refractivity contribution in [3.63, 3.8) is 0 Å². The van der Waals surface area contributed by atoms with Gasteiger partial charge in [0.15, 0.2) is 29.1 Å². The number of hydrogen-bond acceptors (Lipinski definition) is 6. The molecule has 2 aromatic carbocycles. The van der Waals surface area contributed by atoms with Crippen molar-refractivity contribution in [2.24, 2.45) is 7.05 Å². The Morgan fingerprint density at radius 1 is 1.07 bits per heavy atom. The van der Waals surface area contributed by atoms with Crippen molar-refractivity contribution < 1.29 is 9.15 Å². The van der Waals surface area contributed by atoms with Crippen LogP contribution in [-0.4, -0.2) is 19.5 Å². The number of hydrogen-bond donors (Lipinski definition) is 1. The number of fused-ring (bicyclic) bond motifs is 2. The fourth-order valence-electron chi connectivity index (χ4n) is 3.07. The zero-order valence-electron chi connectivity index (χ0n) is 14.8. The minimum atomic E-state index is 0.461. The molecule has 5 rings (SSSR count). The van der Waals surface area contributed by atoms with Gasteiger partial charge in [-0.2, -0.15) is 0 Å². The Balaban J connectivity index is 1.45. The molecule has 0 unspecified atom stereocenters. The van der Waals surface area contributed by atoms with Gasteiger partial charge in [-0.25, -0.2) is 15.0 Å². The van der Waals surface area contributed by atoms with E-state index in [9.17, 15) is 0 Å². The average molecular weight is 392 g/mol. The van der Waals surface area contributed by atoms with Gasteiger partial charge in [0.1, 0.15) is 17.6 Å². The van der Waals surface area contributed by atoms with E-state index in [0.29, 0.717) is 33.4 Å². The summed E-state index contributed by atoms with van der Waals surface area (Å²) in [5, 5.41) is 3.75. The molecule has 0 aliphatic heterocycles. The van der Waals surface area contributed by atoms with E-state index in [4.69, 9.17) is 20.8 Å². The zero-order chi connectivity index (χ0) is 19.1. The third-order valence-electron chi connectivity index (χ3n) is 4.40. The van der Waals surface area contributed by atoms with Crippen molar-refractivity contribution in [3.05, 3.63) is 66.4 Å². The summed E-state index contributed by atoms with van der Waals surface area (Å²) in [6.07, 6.45) is 4.86. The number of aromatic nitrogens is 4. The molecule has 0 spiro atoms. The molecule has 0 atom stereocenters. The number of benzene rings is 2. The fraction of sp³-hybridized carbons (Fsp3) is 0.0500. The number of rotatable bonds is 4. The molecule has 0 radical (unpaired) electrons. The van der Waals surface area contributed by atoms with Gasteiger partial charge in [-0.15, -0.1) is 0 Å². The number of ether oxygens (including phenoxy) is 1. The second-order valence-electron chi connectivity index (χ2n) is 6.21. The van der Waals surface area contributed by atoms with Crippen molar-refractivity contribution in [2.75, 3.05) is 5.32 Å². The van der Waals surface area contributed by atoms with E-state index in [1.165, 1.54) is 12.7 Å². The van der Waals surface area contributed by atoms with Crippen LogP contribution in [-0.2, 0) is 7.05 Å². The van der Waals surface area contributed by atoms with Crippen molar-refractivity contribution in [2.45, 2.75) is 0 Å². The first-order chi connectivity index (χ1) is 13.7. The molecule has 3 heterocycles. The molecule has 1 N–H and O–H groups in total. The maximum absolute atomic E-state index is 6.45. The smallest absolute Gasteiger partial charge is 0.182 e. The quantitative estimate of drug-likeness (QED) is 0.448. The lowest BCUT2D eigenvalue weighted by Gasteiger charge is -2.11. The van der Waals surface area contributed by atoms with Gasteiger partial charge >= 0.3 is 0 Å². The lowest BCUT2D eigenvalue weighted by molar-refractivity contribution is 0.487. The van der Waals surface area contributed by atoms with Crippen LogP contribution in [0.2, 0.25) is 5.02 Å². The van der Waals surface area contributed by atoms with Crippen LogP contribution < -0.4 is 10.1 Å². The predicted octanol–water partition coefficient (Wildman–Crippen LogP) is 5.30. The Bertz CT molecular complexity index is 1310. The Kier molecular flexibility index (Phi) is 3.87. The summed E-state index contributed by atoms with van der Waals surface area (Å²) in [6, 6.07) is 12.9. The van der Waals surface area contributed by atoms with Crippen molar-refractivity contribution >= 4 is 45.2 Å². The minimum Gasteiger partial charge on any atom is -0.453 e. The van der Waals surface area contributed by atoms with E-state index in [0.717, 1.165) is 16.7 Å². The van der Waals surface area contributed by atoms with Gasteiger partial charge in [0, 0.05) is 18.9 Å². The number of oxazole rings is 1. The molecule has 0 aliphatic rings. The second-order valence-corrected chi connectivity index (χ2v) is 6.62. The van der Waals surface area contributed by atoms with E-state index >= 15 is 0 Å². The summed E-state index contributed by atoms with van der Waals surface area (Å²) in [5.41, 5.74) is 3.87. The molecule has 138 valence electrons. The summed E-state index contributed by atoms with van der Waals surface area (Å²) in [5.74, 6) is 1.80. The number of nitrogens with zero attached hydrogens (tertiary/aromatic N) is 4. The van der Waals surface area contributed by atoms with Crippen LogP contribution >= 0.6 is 11.6 Å². The van der Waals surface area contributed by atoms with Gasteiger partial charge < -0.3 is 19.0 Å². The van der Waals surface area contributed by atoms with Crippen molar-refractivity contribution in [1.82, 2.24) is 19.5 Å². The third kappa shape index (κ3) is 2.82. The van der Waals surface area contributed by atoms with Crippen molar-refractivity contribution in [3.8, 4) is 11.5 Å². The number of halogens is 1. The van der Waals surface area contributed by atoms with Gasteiger partial charge in [0.25, 0.3) is 0 Å². The normalized spacial score (nSPS) is 11.2. The first-order valence-electron chi connectivity index (χ1n) is 8.52. The lowest BCUT2D eigenvalue weighted by Crippen LogP contribution is -1.98. The van der Waals surface area contributed by atoms with Gasteiger partial charge in [-0.3, -0.25) is 0 Å². The lowest BCUT2D eigenvalue weighted by atomic mass is 10.2. The maximum atomic E-state index is 6.45. The average Bonchev–Trinajstić information content (AvgIpc) is 3.32. The number of nitrogens with one attached hydrogen (secondary N) is 1. The van der Waals surface area contributed by atoms with E-state index in [1.54, 1.807) is 12.1 Å². The predicted molar refractivity (Wildman–Crippen MR) is 107 cm³/mol. The summed E-state index contributed by atoms with van der Waals surface area (Å²) in [4.78, 5) is 12.8. The molecular weight excluding hydrogens is 378 g/mol. The van der Waals surface area contributed by atoms with Crippen LogP contribution in [0.25, 0.3) is 22.1 Å². The van der Waals surface area contributed by atoms with Crippen LogP contribution in [0.1, 0.15) is 0 Å². The van der Waals surface area contributed by atoms with Crippen LogP contribution in [0.3, 0.4) is 0 Å². The number of para-hydroxylation sites is 1. The molecule has 5 aromatic rings. The Hall–Kier alpha value is -3.58. The molecule has 3 aromatic heterocycles. The molecule has 0 amide bonds. The molecule has 0 aliphatic carbocycles. The highest BCUT2D eigenvalue weighted by Gasteiger charge is 2.12. The molecule has 28 heavy (non-hydrogen) atoms. The van der Waals surface area contributed by atoms with E-state index < -0.39 is 0 Å². The fourth-order valence-corrected chi connectivity index (χ4v) is 3.29. The largest absolute Gasteiger partial charge is 0.453 e. The van der Waals surface area contributed by atoms with E-state index in [-0.39, 0.29) is 0 Å². The summed E-state index contributed by atoms with van der Waals surface area (Å²) in [6.45, 7) is 0. The second kappa shape index (κ2) is 6.54. The van der Waals surface area contributed by atoms with Crippen LogP contribution in [0.4, 0.5) is 11.5 Å². The number of aryl methyl sites for hydroxylation is 1. The molecule has 0 fully saturated rings. The standard InChI is InChI=1S/C20H14ClN5O2/c1-26-8-7-14-19(26)20(23-10-22-14)25-12-5-6-15(13(21)9-12)28-17-4-2-3-16-18(17)24-11-27-16/h2-11H,1H3,(H,22,23,25). The van der Waals surface area contributed by atoms with Crippen molar-refractivity contribution in [1.29, 1.82) is 0 Å². The molecule has 7 nitrogen and oxygen atoms in total. The Labute approximate surface area is 164 Å². The molecule has 8 heteroatoms. The molecular formula is C20H14ClN5O2.